The van der Waals surface area contributed by atoms with E-state index >= 15 is 0 Å². The van der Waals surface area contributed by atoms with Gasteiger partial charge in [0.2, 0.25) is 5.91 Å². The second-order valence-corrected chi connectivity index (χ2v) is 10.7. The van der Waals surface area contributed by atoms with Crippen molar-refractivity contribution in [1.29, 1.82) is 0 Å². The monoisotopic (exact) mass is 386 g/mol. The van der Waals surface area contributed by atoms with Crippen molar-refractivity contribution in [2.24, 2.45) is 0 Å². The Labute approximate surface area is 153 Å². The van der Waals surface area contributed by atoms with Gasteiger partial charge in [0.05, 0.1) is 18.1 Å². The van der Waals surface area contributed by atoms with Crippen LogP contribution in [0.1, 0.15) is 44.4 Å². The molecule has 0 bridgehead atoms. The highest BCUT2D eigenvalue weighted by atomic mass is 32.2. The third-order valence-electron chi connectivity index (χ3n) is 5.01. The Kier molecular flexibility index (Phi) is 5.26. The molecule has 2 aliphatic heterocycles. The number of amides is 1. The molecule has 1 N–H and O–H groups in total. The molecule has 8 heteroatoms. The maximum atomic E-state index is 12.6. The molecule has 3 heterocycles. The quantitative estimate of drug-likeness (QED) is 0.838. The second-order valence-electron chi connectivity index (χ2n) is 7.41. The van der Waals surface area contributed by atoms with E-state index in [2.05, 4.69) is 0 Å². The smallest absolute Gasteiger partial charge is 0.252 e. The molecule has 3 rings (SSSR count). The van der Waals surface area contributed by atoms with Crippen LogP contribution in [0.2, 0.25) is 0 Å². The highest BCUT2D eigenvalue weighted by molar-refractivity contribution is 7.91. The summed E-state index contributed by atoms with van der Waals surface area (Å²) in [5.41, 5.74) is -0.925. The average molecular weight is 387 g/mol. The summed E-state index contributed by atoms with van der Waals surface area (Å²) in [6, 6.07) is 3.17. The number of carbonyl (C=O) groups is 1. The summed E-state index contributed by atoms with van der Waals surface area (Å²) in [4.78, 5) is 15.1. The van der Waals surface area contributed by atoms with Crippen molar-refractivity contribution in [3.05, 3.63) is 17.0 Å². The van der Waals surface area contributed by atoms with Gasteiger partial charge in [-0.3, -0.25) is 4.79 Å². The van der Waals surface area contributed by atoms with Crippen molar-refractivity contribution in [1.82, 2.24) is 9.21 Å². The summed E-state index contributed by atoms with van der Waals surface area (Å²) in [7, 11) is -3.42. The number of carbonyl (C=O) groups excluding carboxylic acids is 1. The van der Waals surface area contributed by atoms with E-state index in [9.17, 15) is 18.3 Å². The summed E-state index contributed by atoms with van der Waals surface area (Å²) in [5, 5.41) is 10.3. The van der Waals surface area contributed by atoms with Gasteiger partial charge in [0.1, 0.15) is 4.21 Å². The Bertz CT molecular complexity index is 730. The number of nitrogens with zero attached hydrogens (tertiary/aromatic N) is 2. The summed E-state index contributed by atoms with van der Waals surface area (Å²) in [5.74, 6) is -0.0448. The zero-order chi connectivity index (χ0) is 18.2. The van der Waals surface area contributed by atoms with Crippen LogP contribution in [0.4, 0.5) is 0 Å². The summed E-state index contributed by atoms with van der Waals surface area (Å²) < 4.78 is 27.0. The van der Waals surface area contributed by atoms with Crippen molar-refractivity contribution in [2.75, 3.05) is 19.6 Å². The number of aliphatic hydroxyl groups is 1. The van der Waals surface area contributed by atoms with Gasteiger partial charge in [-0.2, -0.15) is 4.31 Å². The minimum atomic E-state index is -3.42. The van der Waals surface area contributed by atoms with Gasteiger partial charge < -0.3 is 10.0 Å². The minimum absolute atomic E-state index is 0.0448. The van der Waals surface area contributed by atoms with E-state index < -0.39 is 15.6 Å². The highest BCUT2D eigenvalue weighted by Gasteiger charge is 2.38. The summed E-state index contributed by atoms with van der Waals surface area (Å²) >= 11 is 1.18. The summed E-state index contributed by atoms with van der Waals surface area (Å²) in [6.07, 6.45) is 3.69. The number of hydrogen-bond donors (Lipinski definition) is 1. The standard InChI is InChI=1S/C17H26N2O4S2/c1-17(2,21)14-6-5-11-19(14)15(20)12-13-7-8-16(24-13)25(22,23)18-9-3-4-10-18/h7-8,14,21H,3-6,9-12H2,1-2H3/t14-/m0/s1. The first-order valence-corrected chi connectivity index (χ1v) is 11.1. The Hall–Kier alpha value is -0.960. The lowest BCUT2D eigenvalue weighted by atomic mass is 9.96. The first-order chi connectivity index (χ1) is 11.7. The lowest BCUT2D eigenvalue weighted by molar-refractivity contribution is -0.135. The molecular weight excluding hydrogens is 360 g/mol. The summed E-state index contributed by atoms with van der Waals surface area (Å²) in [6.45, 7) is 5.27. The van der Waals surface area contributed by atoms with Crippen LogP contribution in [0.3, 0.4) is 0 Å². The molecule has 1 atom stereocenters. The normalized spacial score (nSPS) is 22.7. The van der Waals surface area contributed by atoms with Gasteiger partial charge in [-0.1, -0.05) is 0 Å². The van der Waals surface area contributed by atoms with Gasteiger partial charge in [0.15, 0.2) is 0 Å². The number of hydrogen-bond acceptors (Lipinski definition) is 5. The molecule has 2 saturated heterocycles. The highest BCUT2D eigenvalue weighted by Crippen LogP contribution is 2.30. The number of sulfonamides is 1. The van der Waals surface area contributed by atoms with E-state index in [0.717, 1.165) is 30.6 Å². The Morgan fingerprint density at radius 2 is 1.92 bits per heavy atom. The fourth-order valence-corrected chi connectivity index (χ4v) is 6.72. The van der Waals surface area contributed by atoms with Crippen LogP contribution in [0.5, 0.6) is 0 Å². The van der Waals surface area contributed by atoms with Crippen LogP contribution in [-0.4, -0.2) is 59.9 Å². The predicted octanol–water partition coefficient (Wildman–Crippen LogP) is 1.84. The van der Waals surface area contributed by atoms with Gasteiger partial charge in [-0.05, 0) is 51.7 Å². The molecular formula is C17H26N2O4S2. The van der Waals surface area contributed by atoms with Gasteiger partial charge in [-0.25, -0.2) is 8.42 Å². The van der Waals surface area contributed by atoms with Crippen LogP contribution in [0.15, 0.2) is 16.3 Å². The van der Waals surface area contributed by atoms with Crippen LogP contribution >= 0.6 is 11.3 Å². The van der Waals surface area contributed by atoms with E-state index in [1.807, 2.05) is 0 Å². The molecule has 1 aromatic heterocycles. The van der Waals surface area contributed by atoms with E-state index in [0.29, 0.717) is 23.8 Å². The van der Waals surface area contributed by atoms with E-state index in [1.54, 1.807) is 30.9 Å². The van der Waals surface area contributed by atoms with Gasteiger partial charge in [-0.15, -0.1) is 11.3 Å². The van der Waals surface area contributed by atoms with Gasteiger partial charge in [0.25, 0.3) is 10.0 Å². The Morgan fingerprint density at radius 1 is 1.24 bits per heavy atom. The molecule has 0 radical (unpaired) electrons. The molecule has 0 spiro atoms. The van der Waals surface area contributed by atoms with Crippen molar-refractivity contribution in [2.45, 2.75) is 61.8 Å². The largest absolute Gasteiger partial charge is 0.388 e. The number of rotatable bonds is 5. The van der Waals surface area contributed by atoms with Crippen LogP contribution in [0, 0.1) is 0 Å². The maximum Gasteiger partial charge on any atom is 0.252 e. The molecule has 25 heavy (non-hydrogen) atoms. The van der Waals surface area contributed by atoms with Crippen LogP contribution in [-0.2, 0) is 21.2 Å². The number of thiophene rings is 1. The van der Waals surface area contributed by atoms with Crippen molar-refractivity contribution >= 4 is 27.3 Å². The first kappa shape index (κ1) is 18.8. The fraction of sp³-hybridized carbons (Fsp3) is 0.706. The maximum absolute atomic E-state index is 12.6. The molecule has 0 aliphatic carbocycles. The van der Waals surface area contributed by atoms with Crippen LogP contribution < -0.4 is 0 Å². The topological polar surface area (TPSA) is 77.9 Å². The third-order valence-corrected chi connectivity index (χ3v) is 8.46. The molecule has 6 nitrogen and oxygen atoms in total. The predicted molar refractivity (Wildman–Crippen MR) is 97.0 cm³/mol. The molecule has 1 amide bonds. The van der Waals surface area contributed by atoms with Crippen molar-refractivity contribution in [3.63, 3.8) is 0 Å². The van der Waals surface area contributed by atoms with Gasteiger partial charge >= 0.3 is 0 Å². The average Bonchev–Trinajstić information content (AvgIpc) is 3.27. The zero-order valence-corrected chi connectivity index (χ0v) is 16.4. The fourth-order valence-electron chi connectivity index (χ4n) is 3.70. The second kappa shape index (κ2) is 6.98. The molecule has 0 saturated carbocycles. The molecule has 1 aromatic rings. The molecule has 2 aliphatic rings. The minimum Gasteiger partial charge on any atom is -0.388 e. The SMILES string of the molecule is CC(C)(O)[C@@H]1CCCN1C(=O)Cc1ccc(S(=O)(=O)N2CCCC2)s1. The van der Waals surface area contributed by atoms with E-state index in [4.69, 9.17) is 0 Å². The Morgan fingerprint density at radius 3 is 2.56 bits per heavy atom. The molecule has 140 valence electrons. The number of likely N-dealkylation sites (tertiary alicyclic amines) is 1. The molecule has 0 unspecified atom stereocenters. The Balaban J connectivity index is 1.70. The third kappa shape index (κ3) is 3.92. The van der Waals surface area contributed by atoms with E-state index in [-0.39, 0.29) is 18.4 Å². The van der Waals surface area contributed by atoms with Crippen molar-refractivity contribution < 1.29 is 18.3 Å². The molecule has 0 aromatic carbocycles. The first-order valence-electron chi connectivity index (χ1n) is 8.80. The van der Waals surface area contributed by atoms with Crippen LogP contribution in [0.25, 0.3) is 0 Å². The van der Waals surface area contributed by atoms with Gasteiger partial charge in [0, 0.05) is 24.5 Å². The van der Waals surface area contributed by atoms with Crippen molar-refractivity contribution in [3.8, 4) is 0 Å². The molecule has 2 fully saturated rings. The zero-order valence-electron chi connectivity index (χ0n) is 14.8. The van der Waals surface area contributed by atoms with E-state index in [1.165, 1.54) is 15.6 Å². The lowest BCUT2D eigenvalue weighted by Gasteiger charge is -2.33. The lowest BCUT2D eigenvalue weighted by Crippen LogP contribution is -2.48.